The molecule has 0 saturated heterocycles. The second-order valence-electron chi connectivity index (χ2n) is 8.15. The monoisotopic (exact) mass is 516 g/mol. The van der Waals surface area contributed by atoms with E-state index in [1.807, 2.05) is 0 Å². The van der Waals surface area contributed by atoms with Gasteiger partial charge in [-0.25, -0.2) is 22.2 Å². The molecular weight excluding hydrogens is 497 g/mol. The number of alkyl halides is 7. The van der Waals surface area contributed by atoms with E-state index in [2.05, 4.69) is 15.4 Å². The average Bonchev–Trinajstić information content (AvgIpc) is 3.19. The van der Waals surface area contributed by atoms with Crippen LogP contribution in [0.2, 0.25) is 0 Å². The van der Waals surface area contributed by atoms with E-state index in [4.69, 9.17) is 0 Å². The largest absolute Gasteiger partial charge is 0.459 e. The van der Waals surface area contributed by atoms with Gasteiger partial charge in [0.05, 0.1) is 0 Å². The van der Waals surface area contributed by atoms with Gasteiger partial charge in [0.15, 0.2) is 14.9 Å². The number of hydrogen-bond donors (Lipinski definition) is 1. The number of amides is 1. The van der Waals surface area contributed by atoms with Gasteiger partial charge in [-0.05, 0) is 31.4 Å². The van der Waals surface area contributed by atoms with Crippen LogP contribution in [0.5, 0.6) is 0 Å². The maximum Gasteiger partial charge on any atom is 0.459 e. The Morgan fingerprint density at radius 3 is 2.44 bits per heavy atom. The summed E-state index contributed by atoms with van der Waals surface area (Å²) < 4.78 is 118. The first-order valence-electron chi connectivity index (χ1n) is 9.80. The van der Waals surface area contributed by atoms with Crippen molar-refractivity contribution >= 4 is 21.4 Å². The molecule has 1 aliphatic carbocycles. The molecule has 3 rings (SSSR count). The Morgan fingerprint density at radius 2 is 1.91 bits per heavy atom. The zero-order chi connectivity index (χ0) is 25.7. The number of aromatic nitrogens is 3. The fraction of sp³-hybridized carbons (Fsp3) is 0.526. The van der Waals surface area contributed by atoms with Crippen LogP contribution in [0.1, 0.15) is 41.0 Å². The third-order valence-electron chi connectivity index (χ3n) is 5.37. The molecule has 0 bridgehead atoms. The molecule has 7 nitrogen and oxygen atoms in total. The standard InChI is InChI=1S/C19H19F7N4O3S/c1-10-14(16(31)28-12-4-6-27-13(7-12)34(2,32)33)30(9-11-3-5-17(20,21)8-11)29-15(10)18(22,23)19(24,25)26/h4,6-7,11H,3,5,8-9H2,1-2H3,(H,27,28,31). The molecule has 0 aromatic carbocycles. The van der Waals surface area contributed by atoms with Crippen molar-refractivity contribution in [1.29, 1.82) is 0 Å². The van der Waals surface area contributed by atoms with Crippen LogP contribution < -0.4 is 5.32 Å². The summed E-state index contributed by atoms with van der Waals surface area (Å²) >= 11 is 0. The fourth-order valence-corrected chi connectivity index (χ4v) is 4.32. The van der Waals surface area contributed by atoms with Crippen molar-refractivity contribution in [3.63, 3.8) is 0 Å². The summed E-state index contributed by atoms with van der Waals surface area (Å²) in [6.07, 6.45) is -5.29. The highest BCUT2D eigenvalue weighted by Gasteiger charge is 2.61. The highest BCUT2D eigenvalue weighted by Crippen LogP contribution is 2.45. The average molecular weight is 516 g/mol. The minimum absolute atomic E-state index is 0.0416. The summed E-state index contributed by atoms with van der Waals surface area (Å²) in [5, 5.41) is 5.11. The van der Waals surface area contributed by atoms with Crippen LogP contribution in [-0.2, 0) is 22.3 Å². The predicted octanol–water partition coefficient (Wildman–Crippen LogP) is 4.33. The molecule has 2 aromatic rings. The molecule has 0 spiro atoms. The second kappa shape index (κ2) is 8.50. The summed E-state index contributed by atoms with van der Waals surface area (Å²) in [5.74, 6) is -10.4. The Morgan fingerprint density at radius 1 is 1.26 bits per heavy atom. The molecule has 34 heavy (non-hydrogen) atoms. The Kier molecular flexibility index (Phi) is 6.48. The van der Waals surface area contributed by atoms with E-state index in [0.29, 0.717) is 4.68 Å². The van der Waals surface area contributed by atoms with E-state index >= 15 is 0 Å². The van der Waals surface area contributed by atoms with Gasteiger partial charge in [-0.2, -0.15) is 27.1 Å². The summed E-state index contributed by atoms with van der Waals surface area (Å²) in [7, 11) is -3.78. The smallest absolute Gasteiger partial charge is 0.321 e. The van der Waals surface area contributed by atoms with Crippen molar-refractivity contribution in [1.82, 2.24) is 14.8 Å². The van der Waals surface area contributed by atoms with Gasteiger partial charge >= 0.3 is 12.1 Å². The highest BCUT2D eigenvalue weighted by molar-refractivity contribution is 7.90. The molecule has 1 N–H and O–H groups in total. The summed E-state index contributed by atoms with van der Waals surface area (Å²) in [6.45, 7) is 0.350. The van der Waals surface area contributed by atoms with Crippen molar-refractivity contribution in [2.24, 2.45) is 5.92 Å². The van der Waals surface area contributed by atoms with Crippen molar-refractivity contribution in [3.05, 3.63) is 35.3 Å². The molecular formula is C19H19F7N4O3S. The molecule has 188 valence electrons. The first-order chi connectivity index (χ1) is 15.4. The molecule has 0 radical (unpaired) electrons. The number of pyridine rings is 1. The molecule has 15 heteroatoms. The lowest BCUT2D eigenvalue weighted by Gasteiger charge is -2.18. The van der Waals surface area contributed by atoms with E-state index in [0.717, 1.165) is 25.4 Å². The summed E-state index contributed by atoms with van der Waals surface area (Å²) in [4.78, 5) is 16.5. The van der Waals surface area contributed by atoms with Crippen molar-refractivity contribution < 1.29 is 43.9 Å². The number of rotatable bonds is 6. The van der Waals surface area contributed by atoms with E-state index in [-0.39, 0.29) is 12.1 Å². The van der Waals surface area contributed by atoms with Gasteiger partial charge in [-0.1, -0.05) is 0 Å². The topological polar surface area (TPSA) is 93.9 Å². The van der Waals surface area contributed by atoms with Crippen LogP contribution in [-0.4, -0.2) is 47.4 Å². The van der Waals surface area contributed by atoms with Crippen molar-refractivity contribution in [2.75, 3.05) is 11.6 Å². The lowest BCUT2D eigenvalue weighted by Crippen LogP contribution is -2.35. The van der Waals surface area contributed by atoms with E-state index in [1.54, 1.807) is 0 Å². The molecule has 2 aromatic heterocycles. The maximum absolute atomic E-state index is 14.1. The van der Waals surface area contributed by atoms with E-state index in [1.165, 1.54) is 6.07 Å². The normalized spacial score (nSPS) is 18.8. The lowest BCUT2D eigenvalue weighted by molar-refractivity contribution is -0.291. The maximum atomic E-state index is 14.1. The Bertz CT molecular complexity index is 1210. The Labute approximate surface area is 189 Å². The number of sulfone groups is 1. The summed E-state index contributed by atoms with van der Waals surface area (Å²) in [5.41, 5.74) is -3.33. The van der Waals surface area contributed by atoms with Gasteiger partial charge in [-0.3, -0.25) is 9.48 Å². The molecule has 1 aliphatic rings. The molecule has 1 saturated carbocycles. The summed E-state index contributed by atoms with van der Waals surface area (Å²) in [6, 6.07) is 2.14. The first-order valence-corrected chi connectivity index (χ1v) is 11.7. The fourth-order valence-electron chi connectivity index (χ4n) is 3.73. The zero-order valence-corrected chi connectivity index (χ0v) is 18.6. The third kappa shape index (κ3) is 5.18. The number of hydrogen-bond acceptors (Lipinski definition) is 5. The van der Waals surface area contributed by atoms with Gasteiger partial charge in [0.2, 0.25) is 5.92 Å². The number of carbonyl (C=O) groups is 1. The van der Waals surface area contributed by atoms with Crippen LogP contribution in [0.4, 0.5) is 36.4 Å². The van der Waals surface area contributed by atoms with Gasteiger partial charge in [-0.15, -0.1) is 0 Å². The van der Waals surface area contributed by atoms with Crippen molar-refractivity contribution in [3.8, 4) is 0 Å². The van der Waals surface area contributed by atoms with Crippen LogP contribution >= 0.6 is 0 Å². The highest BCUT2D eigenvalue weighted by atomic mass is 32.2. The van der Waals surface area contributed by atoms with Crippen molar-refractivity contribution in [2.45, 2.75) is 55.8 Å². The number of carbonyl (C=O) groups excluding carboxylic acids is 1. The molecule has 1 fully saturated rings. The van der Waals surface area contributed by atoms with Crippen LogP contribution in [0.3, 0.4) is 0 Å². The quantitative estimate of drug-likeness (QED) is 0.577. The second-order valence-corrected chi connectivity index (χ2v) is 10.1. The van der Waals surface area contributed by atoms with Gasteiger partial charge in [0.1, 0.15) is 11.4 Å². The third-order valence-corrected chi connectivity index (χ3v) is 6.35. The molecule has 1 atom stereocenters. The number of anilines is 1. The molecule has 1 amide bonds. The molecule has 1 unspecified atom stereocenters. The first kappa shape index (κ1) is 25.9. The number of halogens is 7. The van der Waals surface area contributed by atoms with E-state index < -0.39 is 81.0 Å². The van der Waals surface area contributed by atoms with Crippen LogP contribution in [0.15, 0.2) is 23.4 Å². The van der Waals surface area contributed by atoms with E-state index in [9.17, 15) is 43.9 Å². The SMILES string of the molecule is Cc1c(C(F)(F)C(F)(F)F)nn(CC2CCC(F)(F)C2)c1C(=O)Nc1ccnc(S(C)(=O)=O)c1. The minimum atomic E-state index is -6.01. The van der Waals surface area contributed by atoms with Gasteiger partial charge in [0.25, 0.3) is 5.91 Å². The van der Waals surface area contributed by atoms with Crippen LogP contribution in [0, 0.1) is 12.8 Å². The number of nitrogens with zero attached hydrogens (tertiary/aromatic N) is 3. The zero-order valence-electron chi connectivity index (χ0n) is 17.8. The van der Waals surface area contributed by atoms with Gasteiger partial charge < -0.3 is 5.32 Å². The minimum Gasteiger partial charge on any atom is -0.321 e. The van der Waals surface area contributed by atoms with Crippen LogP contribution in [0.25, 0.3) is 0 Å². The lowest BCUT2D eigenvalue weighted by atomic mass is 10.1. The molecule has 2 heterocycles. The van der Waals surface area contributed by atoms with Gasteiger partial charge in [0, 0.05) is 43.1 Å². The Hall–Kier alpha value is -2.71. The Balaban J connectivity index is 2.03. The molecule has 0 aliphatic heterocycles. The number of nitrogens with one attached hydrogen (secondary N) is 1. The predicted molar refractivity (Wildman–Crippen MR) is 105 cm³/mol.